The number of likely N-dealkylation sites (tertiary alicyclic amines) is 1. The van der Waals surface area contributed by atoms with Crippen molar-refractivity contribution in [3.63, 3.8) is 0 Å². The number of carbonyl (C=O) groups is 1. The van der Waals surface area contributed by atoms with Crippen LogP contribution in [0.4, 0.5) is 5.69 Å². The van der Waals surface area contributed by atoms with E-state index in [4.69, 9.17) is 23.2 Å². The number of rotatable bonds is 2. The van der Waals surface area contributed by atoms with Crippen LogP contribution in [0.15, 0.2) is 18.2 Å². The quantitative estimate of drug-likeness (QED) is 0.898. The van der Waals surface area contributed by atoms with Crippen molar-refractivity contribution in [1.29, 1.82) is 0 Å². The summed E-state index contributed by atoms with van der Waals surface area (Å²) >= 11 is 11.8. The highest BCUT2D eigenvalue weighted by Crippen LogP contribution is 2.26. The van der Waals surface area contributed by atoms with Crippen LogP contribution >= 0.6 is 23.2 Å². The molecular formula is C12H14Cl2N2O. The Labute approximate surface area is 111 Å². The summed E-state index contributed by atoms with van der Waals surface area (Å²) in [5, 5.41) is 3.86. The van der Waals surface area contributed by atoms with Crippen molar-refractivity contribution in [2.75, 3.05) is 18.9 Å². The summed E-state index contributed by atoms with van der Waals surface area (Å²) < 4.78 is 0. The highest BCUT2D eigenvalue weighted by molar-refractivity contribution is 6.36. The predicted octanol–water partition coefficient (Wildman–Crippen LogP) is 3.03. The number of amides is 1. The predicted molar refractivity (Wildman–Crippen MR) is 70.7 cm³/mol. The number of benzene rings is 1. The minimum absolute atomic E-state index is 0.00535. The summed E-state index contributed by atoms with van der Waals surface area (Å²) in [7, 11) is 1.96. The van der Waals surface area contributed by atoms with Crippen LogP contribution in [-0.4, -0.2) is 30.4 Å². The Balaban J connectivity index is 2.07. The Bertz CT molecular complexity index is 437. The molecule has 1 amide bonds. The van der Waals surface area contributed by atoms with Gasteiger partial charge in [0.15, 0.2) is 0 Å². The van der Waals surface area contributed by atoms with E-state index in [-0.39, 0.29) is 11.9 Å². The first-order chi connectivity index (χ1) is 8.08. The topological polar surface area (TPSA) is 32.3 Å². The molecule has 1 aromatic rings. The number of hydrogen-bond donors (Lipinski definition) is 1. The lowest BCUT2D eigenvalue weighted by molar-refractivity contribution is -0.119. The molecule has 1 aliphatic rings. The van der Waals surface area contributed by atoms with Gasteiger partial charge >= 0.3 is 0 Å². The van der Waals surface area contributed by atoms with Crippen LogP contribution in [0.25, 0.3) is 0 Å². The van der Waals surface area contributed by atoms with Crippen molar-refractivity contribution >= 4 is 34.8 Å². The molecular weight excluding hydrogens is 259 g/mol. The monoisotopic (exact) mass is 272 g/mol. The summed E-state index contributed by atoms with van der Waals surface area (Å²) in [6.45, 7) is 0.965. The van der Waals surface area contributed by atoms with Gasteiger partial charge < -0.3 is 5.32 Å². The fourth-order valence-corrected chi connectivity index (χ4v) is 2.50. The van der Waals surface area contributed by atoms with Crippen molar-refractivity contribution in [2.45, 2.75) is 18.9 Å². The third-order valence-corrected chi connectivity index (χ3v) is 3.56. The molecule has 0 radical (unpaired) electrons. The van der Waals surface area contributed by atoms with E-state index in [1.165, 1.54) is 0 Å². The second-order valence-corrected chi connectivity index (χ2v) is 5.10. The molecule has 5 heteroatoms. The van der Waals surface area contributed by atoms with Gasteiger partial charge in [-0.25, -0.2) is 0 Å². The Morgan fingerprint density at radius 3 is 2.82 bits per heavy atom. The van der Waals surface area contributed by atoms with Crippen LogP contribution < -0.4 is 5.32 Å². The Kier molecular flexibility index (Phi) is 3.92. The third-order valence-electron chi connectivity index (χ3n) is 3.01. The number of halogens is 2. The minimum atomic E-state index is -0.0539. The molecule has 0 spiro atoms. The molecule has 92 valence electrons. The van der Waals surface area contributed by atoms with Gasteiger partial charge in [0.25, 0.3) is 0 Å². The molecule has 1 fully saturated rings. The van der Waals surface area contributed by atoms with Crippen LogP contribution in [0.2, 0.25) is 10.0 Å². The summed E-state index contributed by atoms with van der Waals surface area (Å²) in [6, 6.07) is 5.00. The molecule has 0 bridgehead atoms. The number of likely N-dealkylation sites (N-methyl/N-ethyl adjacent to an activating group) is 1. The van der Waals surface area contributed by atoms with Crippen LogP contribution in [0.1, 0.15) is 12.8 Å². The highest BCUT2D eigenvalue weighted by Gasteiger charge is 2.27. The average molecular weight is 273 g/mol. The second kappa shape index (κ2) is 5.25. The van der Waals surface area contributed by atoms with Gasteiger partial charge in [-0.3, -0.25) is 9.69 Å². The van der Waals surface area contributed by atoms with Crippen LogP contribution in [-0.2, 0) is 4.79 Å². The van der Waals surface area contributed by atoms with Gasteiger partial charge in [0.05, 0.1) is 16.8 Å². The largest absolute Gasteiger partial charge is 0.323 e. The molecule has 1 saturated heterocycles. The van der Waals surface area contributed by atoms with Crippen LogP contribution in [0.5, 0.6) is 0 Å². The van der Waals surface area contributed by atoms with E-state index in [2.05, 4.69) is 10.2 Å². The molecule has 1 N–H and O–H groups in total. The Morgan fingerprint density at radius 1 is 1.47 bits per heavy atom. The number of hydrogen-bond acceptors (Lipinski definition) is 2. The first kappa shape index (κ1) is 12.7. The zero-order valence-corrected chi connectivity index (χ0v) is 11.1. The first-order valence-corrected chi connectivity index (χ1v) is 6.29. The molecule has 0 saturated carbocycles. The maximum Gasteiger partial charge on any atom is 0.241 e. The fourth-order valence-electron chi connectivity index (χ4n) is 2.05. The van der Waals surface area contributed by atoms with Gasteiger partial charge in [0.2, 0.25) is 5.91 Å². The third kappa shape index (κ3) is 2.92. The number of nitrogens with zero attached hydrogens (tertiary/aromatic N) is 1. The van der Waals surface area contributed by atoms with Gasteiger partial charge in [0.1, 0.15) is 0 Å². The van der Waals surface area contributed by atoms with E-state index in [1.807, 2.05) is 7.05 Å². The van der Waals surface area contributed by atoms with Gasteiger partial charge in [-0.1, -0.05) is 23.2 Å². The minimum Gasteiger partial charge on any atom is -0.323 e. The zero-order chi connectivity index (χ0) is 12.4. The summed E-state index contributed by atoms with van der Waals surface area (Å²) in [6.07, 6.45) is 1.95. The molecule has 1 aliphatic heterocycles. The molecule has 1 unspecified atom stereocenters. The van der Waals surface area contributed by atoms with Crippen molar-refractivity contribution in [3.8, 4) is 0 Å². The molecule has 1 heterocycles. The molecule has 0 aromatic heterocycles. The smallest absolute Gasteiger partial charge is 0.241 e. The summed E-state index contributed by atoms with van der Waals surface area (Å²) in [5.74, 6) is -0.00535. The van der Waals surface area contributed by atoms with Crippen molar-refractivity contribution in [3.05, 3.63) is 28.2 Å². The van der Waals surface area contributed by atoms with Crippen molar-refractivity contribution in [1.82, 2.24) is 4.90 Å². The lowest BCUT2D eigenvalue weighted by atomic mass is 10.2. The normalized spacial score (nSPS) is 20.5. The molecule has 2 rings (SSSR count). The van der Waals surface area contributed by atoms with E-state index in [0.717, 1.165) is 19.4 Å². The maximum atomic E-state index is 12.0. The van der Waals surface area contributed by atoms with E-state index >= 15 is 0 Å². The maximum absolute atomic E-state index is 12.0. The van der Waals surface area contributed by atoms with E-state index < -0.39 is 0 Å². The average Bonchev–Trinajstić information content (AvgIpc) is 2.68. The molecule has 0 aliphatic carbocycles. The molecule has 1 atom stereocenters. The lowest BCUT2D eigenvalue weighted by Crippen LogP contribution is -2.37. The Hall–Kier alpha value is -0.770. The van der Waals surface area contributed by atoms with Gasteiger partial charge in [-0.15, -0.1) is 0 Å². The SMILES string of the molecule is CN1CCCC1C(=O)Nc1ccc(Cl)cc1Cl. The van der Waals surface area contributed by atoms with E-state index in [0.29, 0.717) is 15.7 Å². The van der Waals surface area contributed by atoms with E-state index in [9.17, 15) is 4.79 Å². The van der Waals surface area contributed by atoms with Gasteiger partial charge in [0, 0.05) is 5.02 Å². The Morgan fingerprint density at radius 2 is 2.24 bits per heavy atom. The number of anilines is 1. The first-order valence-electron chi connectivity index (χ1n) is 5.54. The number of nitrogens with one attached hydrogen (secondary N) is 1. The lowest BCUT2D eigenvalue weighted by Gasteiger charge is -2.19. The molecule has 1 aromatic carbocycles. The van der Waals surface area contributed by atoms with Gasteiger partial charge in [-0.2, -0.15) is 0 Å². The molecule has 17 heavy (non-hydrogen) atoms. The summed E-state index contributed by atoms with van der Waals surface area (Å²) in [4.78, 5) is 14.1. The molecule has 3 nitrogen and oxygen atoms in total. The van der Waals surface area contributed by atoms with Crippen molar-refractivity contribution < 1.29 is 4.79 Å². The summed E-state index contributed by atoms with van der Waals surface area (Å²) in [5.41, 5.74) is 0.612. The van der Waals surface area contributed by atoms with Crippen LogP contribution in [0, 0.1) is 0 Å². The number of carbonyl (C=O) groups excluding carboxylic acids is 1. The second-order valence-electron chi connectivity index (χ2n) is 4.25. The fraction of sp³-hybridized carbons (Fsp3) is 0.417. The standard InChI is InChI=1S/C12H14Cl2N2O/c1-16-6-2-3-11(16)12(17)15-10-5-4-8(13)7-9(10)14/h4-5,7,11H,2-3,6H2,1H3,(H,15,17). The van der Waals surface area contributed by atoms with E-state index in [1.54, 1.807) is 18.2 Å². The van der Waals surface area contributed by atoms with Gasteiger partial charge in [-0.05, 0) is 44.6 Å². The van der Waals surface area contributed by atoms with Crippen LogP contribution in [0.3, 0.4) is 0 Å². The zero-order valence-electron chi connectivity index (χ0n) is 9.54. The highest BCUT2D eigenvalue weighted by atomic mass is 35.5. The van der Waals surface area contributed by atoms with Crippen molar-refractivity contribution in [2.24, 2.45) is 0 Å².